The fraction of sp³-hybridized carbons (Fsp3) is 0.520. The van der Waals surface area contributed by atoms with Crippen molar-refractivity contribution in [3.05, 3.63) is 47.8 Å². The molecule has 0 radical (unpaired) electrons. The molecule has 0 amide bonds. The van der Waals surface area contributed by atoms with E-state index < -0.39 is 60.7 Å². The number of esters is 4. The zero-order chi connectivity index (χ0) is 28.5. The largest absolute Gasteiger partial charge is 0.463 e. The van der Waals surface area contributed by atoms with Gasteiger partial charge in [-0.15, -0.1) is 5.10 Å². The third-order valence-electron chi connectivity index (χ3n) is 5.47. The molecule has 3 rings (SSSR count). The van der Waals surface area contributed by atoms with Gasteiger partial charge >= 0.3 is 23.9 Å². The van der Waals surface area contributed by atoms with E-state index in [1.807, 2.05) is 18.2 Å². The molecule has 1 unspecified atom stereocenters. The highest BCUT2D eigenvalue weighted by Crippen LogP contribution is 2.30. The van der Waals surface area contributed by atoms with Crippen LogP contribution in [0.2, 0.25) is 0 Å². The summed E-state index contributed by atoms with van der Waals surface area (Å²) in [6.45, 7) is 4.16. The minimum Gasteiger partial charge on any atom is -0.463 e. The van der Waals surface area contributed by atoms with Crippen molar-refractivity contribution in [2.45, 2.75) is 77.7 Å². The summed E-state index contributed by atoms with van der Waals surface area (Å²) in [6, 6.07) is 9.04. The first kappa shape index (κ1) is 29.7. The number of aliphatic hydroxyl groups excluding tert-OH is 1. The van der Waals surface area contributed by atoms with Crippen LogP contribution >= 0.6 is 0 Å². The van der Waals surface area contributed by atoms with Crippen LogP contribution in [0.25, 0.3) is 0 Å². The van der Waals surface area contributed by atoms with E-state index >= 15 is 0 Å². The summed E-state index contributed by atoms with van der Waals surface area (Å²) in [5.74, 6) is -2.85. The van der Waals surface area contributed by atoms with Crippen molar-refractivity contribution in [3.8, 4) is 0 Å². The minimum atomic E-state index is -1.35. The highest BCUT2D eigenvalue weighted by molar-refractivity contribution is 5.68. The third kappa shape index (κ3) is 8.84. The van der Waals surface area contributed by atoms with Crippen LogP contribution in [0.5, 0.6) is 0 Å². The normalized spacial score (nSPS) is 23.4. The van der Waals surface area contributed by atoms with Gasteiger partial charge in [0.15, 0.2) is 24.6 Å². The summed E-state index contributed by atoms with van der Waals surface area (Å²) in [7, 11) is 0. The molecule has 14 heteroatoms. The maximum Gasteiger partial charge on any atom is 0.303 e. The Bertz CT molecular complexity index is 1140. The molecular weight excluding hydrogens is 518 g/mol. The van der Waals surface area contributed by atoms with Crippen molar-refractivity contribution < 1.29 is 52.7 Å². The molecule has 0 spiro atoms. The number of carbonyl (C=O) groups excluding carboxylic acids is 4. The summed E-state index contributed by atoms with van der Waals surface area (Å²) < 4.78 is 34.3. The molecule has 1 aliphatic heterocycles. The molecule has 6 atom stereocenters. The second kappa shape index (κ2) is 13.8. The number of ether oxygens (including phenoxy) is 6. The Balaban J connectivity index is 1.78. The van der Waals surface area contributed by atoms with Crippen LogP contribution in [0.3, 0.4) is 0 Å². The van der Waals surface area contributed by atoms with Crippen LogP contribution in [0, 0.1) is 0 Å². The van der Waals surface area contributed by atoms with Gasteiger partial charge in [0.1, 0.15) is 18.4 Å². The number of hydrogen-bond donors (Lipinski definition) is 1. The maximum atomic E-state index is 11.9. The van der Waals surface area contributed by atoms with Crippen LogP contribution in [0.15, 0.2) is 36.5 Å². The Kier molecular flexibility index (Phi) is 10.5. The second-order valence-electron chi connectivity index (χ2n) is 8.74. The van der Waals surface area contributed by atoms with Crippen LogP contribution in [0.1, 0.15) is 45.1 Å². The standard InChI is InChI=1S/C25H31N3O11/c1-14(29)34-13-21-22(36-15(2)30)23(37-16(3)31)24(38-17(4)32)25(39-21)35-12-19-10-28(27-26-19)11-20(33)18-8-6-5-7-9-18/h5-10,20-25,33H,11-13H2,1-4H3/t20?,21-,22-,23+,24-,25-/m1/s1. The Hall–Kier alpha value is -3.88. The minimum absolute atomic E-state index is 0.135. The quantitative estimate of drug-likeness (QED) is 0.305. The highest BCUT2D eigenvalue weighted by atomic mass is 16.7. The molecule has 1 saturated heterocycles. The molecule has 212 valence electrons. The topological polar surface area (TPSA) is 175 Å². The van der Waals surface area contributed by atoms with Crippen molar-refractivity contribution in [2.24, 2.45) is 0 Å². The van der Waals surface area contributed by atoms with Gasteiger partial charge in [-0.1, -0.05) is 35.5 Å². The van der Waals surface area contributed by atoms with Crippen LogP contribution in [-0.4, -0.2) is 81.3 Å². The zero-order valence-corrected chi connectivity index (χ0v) is 21.9. The molecule has 1 aromatic heterocycles. The van der Waals surface area contributed by atoms with Gasteiger partial charge in [-0.3, -0.25) is 19.2 Å². The third-order valence-corrected chi connectivity index (χ3v) is 5.47. The molecular formula is C25H31N3O11. The lowest BCUT2D eigenvalue weighted by atomic mass is 9.98. The van der Waals surface area contributed by atoms with Gasteiger partial charge < -0.3 is 33.5 Å². The molecule has 2 heterocycles. The fourth-order valence-corrected chi connectivity index (χ4v) is 3.94. The van der Waals surface area contributed by atoms with Crippen molar-refractivity contribution in [1.29, 1.82) is 0 Å². The summed E-state index contributed by atoms with van der Waals surface area (Å²) in [5, 5.41) is 18.5. The van der Waals surface area contributed by atoms with Gasteiger partial charge in [0.25, 0.3) is 0 Å². The zero-order valence-electron chi connectivity index (χ0n) is 21.9. The molecule has 0 bridgehead atoms. The van der Waals surface area contributed by atoms with Gasteiger partial charge in [-0.2, -0.15) is 0 Å². The van der Waals surface area contributed by atoms with E-state index in [0.717, 1.165) is 20.8 Å². The van der Waals surface area contributed by atoms with Gasteiger partial charge in [0.05, 0.1) is 25.5 Å². The van der Waals surface area contributed by atoms with Gasteiger partial charge in [0.2, 0.25) is 0 Å². The smallest absolute Gasteiger partial charge is 0.303 e. The maximum absolute atomic E-state index is 11.9. The number of nitrogens with zero attached hydrogens (tertiary/aromatic N) is 3. The molecule has 1 aliphatic rings. The first-order valence-electron chi connectivity index (χ1n) is 12.1. The molecule has 0 saturated carbocycles. The van der Waals surface area contributed by atoms with E-state index in [0.29, 0.717) is 11.3 Å². The number of aromatic nitrogens is 3. The van der Waals surface area contributed by atoms with E-state index in [-0.39, 0.29) is 19.8 Å². The summed E-state index contributed by atoms with van der Waals surface area (Å²) >= 11 is 0. The molecule has 1 N–H and O–H groups in total. The van der Waals surface area contributed by atoms with E-state index in [1.54, 1.807) is 18.3 Å². The van der Waals surface area contributed by atoms with Gasteiger partial charge in [0, 0.05) is 27.7 Å². The SMILES string of the molecule is CC(=O)OC[C@H]1O[C@@H](OCc2cn(CC(O)c3ccccc3)nn2)[C@H](OC(C)=O)[C@@H](OC(C)=O)[C@@H]1OC(C)=O. The number of hydrogen-bond acceptors (Lipinski definition) is 13. The molecule has 1 fully saturated rings. The predicted molar refractivity (Wildman–Crippen MR) is 128 cm³/mol. The van der Waals surface area contributed by atoms with Crippen molar-refractivity contribution in [2.75, 3.05) is 6.61 Å². The number of rotatable bonds is 11. The van der Waals surface area contributed by atoms with E-state index in [9.17, 15) is 24.3 Å². The fourth-order valence-electron chi connectivity index (χ4n) is 3.94. The first-order valence-corrected chi connectivity index (χ1v) is 12.1. The molecule has 2 aromatic rings. The average Bonchev–Trinajstić information content (AvgIpc) is 3.31. The molecule has 0 aliphatic carbocycles. The lowest BCUT2D eigenvalue weighted by Crippen LogP contribution is -2.62. The van der Waals surface area contributed by atoms with Crippen LogP contribution in [0.4, 0.5) is 0 Å². The summed E-state index contributed by atoms with van der Waals surface area (Å²) in [6.07, 6.45) is -5.71. The number of benzene rings is 1. The van der Waals surface area contributed by atoms with Crippen LogP contribution in [-0.2, 0) is 60.8 Å². The highest BCUT2D eigenvalue weighted by Gasteiger charge is 2.52. The van der Waals surface area contributed by atoms with Crippen molar-refractivity contribution in [3.63, 3.8) is 0 Å². The predicted octanol–water partition coefficient (Wildman–Crippen LogP) is 0.611. The summed E-state index contributed by atoms with van der Waals surface area (Å²) in [4.78, 5) is 47.1. The van der Waals surface area contributed by atoms with Crippen molar-refractivity contribution in [1.82, 2.24) is 15.0 Å². The Morgan fingerprint density at radius 2 is 1.54 bits per heavy atom. The number of aliphatic hydroxyl groups is 1. The Morgan fingerprint density at radius 1 is 0.923 bits per heavy atom. The van der Waals surface area contributed by atoms with Gasteiger partial charge in [-0.25, -0.2) is 4.68 Å². The molecule has 1 aromatic carbocycles. The Labute approximate surface area is 224 Å². The van der Waals surface area contributed by atoms with E-state index in [1.165, 1.54) is 11.6 Å². The van der Waals surface area contributed by atoms with Gasteiger partial charge in [-0.05, 0) is 5.56 Å². The van der Waals surface area contributed by atoms with Crippen LogP contribution < -0.4 is 0 Å². The molecule has 39 heavy (non-hydrogen) atoms. The van der Waals surface area contributed by atoms with Crippen molar-refractivity contribution >= 4 is 23.9 Å². The average molecular weight is 550 g/mol. The lowest BCUT2D eigenvalue weighted by molar-refractivity contribution is -0.310. The summed E-state index contributed by atoms with van der Waals surface area (Å²) in [5.41, 5.74) is 1.06. The Morgan fingerprint density at radius 3 is 2.15 bits per heavy atom. The monoisotopic (exact) mass is 549 g/mol. The molecule has 14 nitrogen and oxygen atoms in total. The number of carbonyl (C=O) groups is 4. The lowest BCUT2D eigenvalue weighted by Gasteiger charge is -2.43. The first-order chi connectivity index (χ1) is 18.5. The second-order valence-corrected chi connectivity index (χ2v) is 8.74. The van der Waals surface area contributed by atoms with E-state index in [4.69, 9.17) is 28.4 Å². The van der Waals surface area contributed by atoms with E-state index in [2.05, 4.69) is 10.3 Å².